The zero-order chi connectivity index (χ0) is 8.91. The van der Waals surface area contributed by atoms with Crippen LogP contribution in [-0.4, -0.2) is 16.7 Å². The largest absolute Gasteiger partial charge is 0.392 e. The van der Waals surface area contributed by atoms with E-state index in [-0.39, 0.29) is 0 Å². The summed E-state index contributed by atoms with van der Waals surface area (Å²) >= 11 is 0. The molecule has 0 spiro atoms. The second-order valence-corrected chi connectivity index (χ2v) is 3.64. The minimum absolute atomic E-state index is 0.394. The van der Waals surface area contributed by atoms with Gasteiger partial charge in [-0.2, -0.15) is 0 Å². The Morgan fingerprint density at radius 2 is 2.00 bits per heavy atom. The van der Waals surface area contributed by atoms with Crippen molar-refractivity contribution in [2.24, 2.45) is 5.73 Å². The Labute approximate surface area is 69.8 Å². The number of nitrogens with two attached hydrogens (primary N) is 1. The molecule has 2 unspecified atom stereocenters. The van der Waals surface area contributed by atoms with Gasteiger partial charge in [-0.05, 0) is 20.3 Å². The Balaban J connectivity index is 3.55. The summed E-state index contributed by atoms with van der Waals surface area (Å²) in [6.07, 6.45) is 4.04. The van der Waals surface area contributed by atoms with Crippen molar-refractivity contribution in [3.8, 4) is 0 Å². The Morgan fingerprint density at radius 3 is 2.36 bits per heavy atom. The zero-order valence-corrected chi connectivity index (χ0v) is 7.93. The third-order valence-corrected chi connectivity index (χ3v) is 2.27. The van der Waals surface area contributed by atoms with E-state index in [9.17, 15) is 5.11 Å². The summed E-state index contributed by atoms with van der Waals surface area (Å²) in [5.74, 6) is 0. The fraction of sp³-hybridized carbons (Fsp3) is 1.00. The Kier molecular flexibility index (Phi) is 4.69. The number of rotatable bonds is 5. The van der Waals surface area contributed by atoms with Crippen LogP contribution < -0.4 is 5.73 Å². The van der Waals surface area contributed by atoms with Crippen molar-refractivity contribution in [1.29, 1.82) is 0 Å². The molecule has 68 valence electrons. The van der Waals surface area contributed by atoms with Crippen molar-refractivity contribution in [1.82, 2.24) is 0 Å². The van der Waals surface area contributed by atoms with Crippen LogP contribution in [0.25, 0.3) is 0 Å². The second kappa shape index (κ2) is 4.73. The minimum atomic E-state index is -0.403. The molecule has 0 fully saturated rings. The SMILES string of the molecule is CCCCCC(C)(N)C(C)O. The van der Waals surface area contributed by atoms with E-state index in [1.807, 2.05) is 6.92 Å². The highest BCUT2D eigenvalue weighted by Crippen LogP contribution is 2.15. The lowest BCUT2D eigenvalue weighted by Crippen LogP contribution is -2.46. The van der Waals surface area contributed by atoms with Gasteiger partial charge in [-0.3, -0.25) is 0 Å². The molecule has 0 aromatic rings. The van der Waals surface area contributed by atoms with Crippen LogP contribution in [0.1, 0.15) is 46.5 Å². The lowest BCUT2D eigenvalue weighted by atomic mass is 9.90. The minimum Gasteiger partial charge on any atom is -0.392 e. The smallest absolute Gasteiger partial charge is 0.0688 e. The van der Waals surface area contributed by atoms with Crippen LogP contribution in [0.5, 0.6) is 0 Å². The number of unbranched alkanes of at least 4 members (excludes halogenated alkanes) is 2. The van der Waals surface area contributed by atoms with Gasteiger partial charge in [-0.15, -0.1) is 0 Å². The first-order chi connectivity index (χ1) is 5.00. The van der Waals surface area contributed by atoms with Crippen molar-refractivity contribution < 1.29 is 5.11 Å². The molecule has 0 aliphatic heterocycles. The molecule has 0 rings (SSSR count). The average Bonchev–Trinajstić information content (AvgIpc) is 1.88. The molecule has 0 amide bonds. The maximum atomic E-state index is 9.25. The highest BCUT2D eigenvalue weighted by atomic mass is 16.3. The molecule has 2 heteroatoms. The lowest BCUT2D eigenvalue weighted by molar-refractivity contribution is 0.104. The normalized spacial score (nSPS) is 19.4. The van der Waals surface area contributed by atoms with Crippen molar-refractivity contribution >= 4 is 0 Å². The maximum absolute atomic E-state index is 9.25. The van der Waals surface area contributed by atoms with Crippen LogP contribution in [0, 0.1) is 0 Å². The van der Waals surface area contributed by atoms with E-state index in [0.717, 1.165) is 12.8 Å². The van der Waals surface area contributed by atoms with E-state index in [1.165, 1.54) is 12.8 Å². The molecule has 11 heavy (non-hydrogen) atoms. The monoisotopic (exact) mass is 159 g/mol. The molecule has 0 aliphatic rings. The third kappa shape index (κ3) is 4.38. The molecular weight excluding hydrogens is 138 g/mol. The predicted molar refractivity (Wildman–Crippen MR) is 48.4 cm³/mol. The van der Waals surface area contributed by atoms with Crippen LogP contribution in [0.3, 0.4) is 0 Å². The van der Waals surface area contributed by atoms with Crippen LogP contribution >= 0.6 is 0 Å². The van der Waals surface area contributed by atoms with Gasteiger partial charge in [0.05, 0.1) is 6.10 Å². The van der Waals surface area contributed by atoms with Gasteiger partial charge in [0.2, 0.25) is 0 Å². The summed E-state index contributed by atoms with van der Waals surface area (Å²) in [5.41, 5.74) is 5.46. The molecule has 2 nitrogen and oxygen atoms in total. The Morgan fingerprint density at radius 1 is 1.45 bits per heavy atom. The van der Waals surface area contributed by atoms with Gasteiger partial charge in [-0.25, -0.2) is 0 Å². The summed E-state index contributed by atoms with van der Waals surface area (Å²) in [4.78, 5) is 0. The fourth-order valence-electron chi connectivity index (χ4n) is 0.965. The van der Waals surface area contributed by atoms with Gasteiger partial charge in [0.25, 0.3) is 0 Å². The summed E-state index contributed by atoms with van der Waals surface area (Å²) in [6.45, 7) is 5.83. The summed E-state index contributed by atoms with van der Waals surface area (Å²) in [5, 5.41) is 9.25. The molecule has 0 bridgehead atoms. The summed E-state index contributed by atoms with van der Waals surface area (Å²) in [7, 11) is 0. The number of aliphatic hydroxyl groups excluding tert-OH is 1. The molecule has 3 N–H and O–H groups in total. The maximum Gasteiger partial charge on any atom is 0.0688 e. The van der Waals surface area contributed by atoms with Crippen molar-refractivity contribution in [2.75, 3.05) is 0 Å². The topological polar surface area (TPSA) is 46.2 Å². The number of hydrogen-bond acceptors (Lipinski definition) is 2. The van der Waals surface area contributed by atoms with Crippen LogP contribution in [-0.2, 0) is 0 Å². The van der Waals surface area contributed by atoms with Gasteiger partial charge < -0.3 is 10.8 Å². The zero-order valence-electron chi connectivity index (χ0n) is 7.93. The average molecular weight is 159 g/mol. The second-order valence-electron chi connectivity index (χ2n) is 3.64. The van der Waals surface area contributed by atoms with Crippen LogP contribution in [0.2, 0.25) is 0 Å². The molecule has 0 radical (unpaired) electrons. The fourth-order valence-corrected chi connectivity index (χ4v) is 0.965. The highest BCUT2D eigenvalue weighted by molar-refractivity contribution is 4.83. The standard InChI is InChI=1S/C9H21NO/c1-4-5-6-7-9(3,10)8(2)11/h8,11H,4-7,10H2,1-3H3. The van der Waals surface area contributed by atoms with E-state index in [2.05, 4.69) is 6.92 Å². The molecule has 0 heterocycles. The number of hydrogen-bond donors (Lipinski definition) is 2. The van der Waals surface area contributed by atoms with E-state index in [0.29, 0.717) is 0 Å². The molecule has 0 aromatic heterocycles. The van der Waals surface area contributed by atoms with Crippen molar-refractivity contribution in [3.05, 3.63) is 0 Å². The third-order valence-electron chi connectivity index (χ3n) is 2.27. The van der Waals surface area contributed by atoms with Crippen molar-refractivity contribution in [3.63, 3.8) is 0 Å². The van der Waals surface area contributed by atoms with Gasteiger partial charge in [-0.1, -0.05) is 26.2 Å². The molecular formula is C9H21NO. The Bertz CT molecular complexity index is 99.7. The van der Waals surface area contributed by atoms with Gasteiger partial charge in [0, 0.05) is 5.54 Å². The van der Waals surface area contributed by atoms with Crippen LogP contribution in [0.15, 0.2) is 0 Å². The molecule has 0 aromatic carbocycles. The predicted octanol–water partition coefficient (Wildman–Crippen LogP) is 1.66. The van der Waals surface area contributed by atoms with Gasteiger partial charge in [0.15, 0.2) is 0 Å². The van der Waals surface area contributed by atoms with E-state index in [4.69, 9.17) is 5.73 Å². The molecule has 0 aliphatic carbocycles. The summed E-state index contributed by atoms with van der Waals surface area (Å²) in [6, 6.07) is 0. The van der Waals surface area contributed by atoms with E-state index >= 15 is 0 Å². The first-order valence-electron chi connectivity index (χ1n) is 4.47. The van der Waals surface area contributed by atoms with E-state index in [1.54, 1.807) is 6.92 Å². The van der Waals surface area contributed by atoms with Crippen LogP contribution in [0.4, 0.5) is 0 Å². The molecule has 0 saturated heterocycles. The highest BCUT2D eigenvalue weighted by Gasteiger charge is 2.23. The lowest BCUT2D eigenvalue weighted by Gasteiger charge is -2.27. The quantitative estimate of drug-likeness (QED) is 0.599. The molecule has 2 atom stereocenters. The summed E-state index contributed by atoms with van der Waals surface area (Å²) < 4.78 is 0. The Hall–Kier alpha value is -0.0800. The first kappa shape index (κ1) is 10.9. The number of aliphatic hydroxyl groups is 1. The van der Waals surface area contributed by atoms with Gasteiger partial charge >= 0.3 is 0 Å². The van der Waals surface area contributed by atoms with E-state index < -0.39 is 11.6 Å². The van der Waals surface area contributed by atoms with Gasteiger partial charge in [0.1, 0.15) is 0 Å². The van der Waals surface area contributed by atoms with Crippen molar-refractivity contribution in [2.45, 2.75) is 58.1 Å². The first-order valence-corrected chi connectivity index (χ1v) is 4.47. The molecule has 0 saturated carbocycles.